The lowest BCUT2D eigenvalue weighted by Crippen LogP contribution is -2.32. The monoisotopic (exact) mass is 415 g/mol. The van der Waals surface area contributed by atoms with Crippen molar-refractivity contribution in [2.24, 2.45) is 0 Å². The summed E-state index contributed by atoms with van der Waals surface area (Å²) >= 11 is 0. The fraction of sp³-hybridized carbons (Fsp3) is 0.130. The van der Waals surface area contributed by atoms with Crippen LogP contribution in [0.4, 0.5) is 4.79 Å². The van der Waals surface area contributed by atoms with Gasteiger partial charge in [-0.15, -0.1) is 0 Å². The van der Waals surface area contributed by atoms with Crippen molar-refractivity contribution in [3.8, 4) is 22.5 Å². The van der Waals surface area contributed by atoms with E-state index >= 15 is 0 Å². The van der Waals surface area contributed by atoms with Gasteiger partial charge in [-0.1, -0.05) is 49.1 Å². The molecule has 3 heterocycles. The normalized spacial score (nSPS) is 10.7. The molecule has 31 heavy (non-hydrogen) atoms. The molecule has 0 aliphatic heterocycles. The van der Waals surface area contributed by atoms with Crippen LogP contribution in [0.25, 0.3) is 28.0 Å². The molecule has 1 amide bonds. The second-order valence-corrected chi connectivity index (χ2v) is 6.71. The molecule has 0 atom stereocenters. The van der Waals surface area contributed by atoms with E-state index in [9.17, 15) is 9.59 Å². The Morgan fingerprint density at radius 2 is 1.87 bits per heavy atom. The molecule has 0 saturated heterocycles. The molecule has 4 aromatic rings. The maximum Gasteiger partial charge on any atom is 0.407 e. The van der Waals surface area contributed by atoms with Crippen LogP contribution in [0.15, 0.2) is 84.3 Å². The minimum atomic E-state index is -0.571. The summed E-state index contributed by atoms with van der Waals surface area (Å²) in [5.74, 6) is 0. The van der Waals surface area contributed by atoms with Crippen LogP contribution in [0.1, 0.15) is 0 Å². The van der Waals surface area contributed by atoms with Crippen molar-refractivity contribution in [3.05, 3.63) is 89.9 Å². The molecule has 1 N–H and O–H groups in total. The number of carbonyl (C=O) groups excluding carboxylic acids is 1. The number of nitrogens with one attached hydrogen (secondary N) is 1. The molecule has 4 rings (SSSR count). The number of alkyl carbamates (subject to hydrolysis) is 1. The summed E-state index contributed by atoms with van der Waals surface area (Å²) in [5, 5.41) is 11.9. The lowest BCUT2D eigenvalue weighted by Gasteiger charge is -2.09. The Bertz CT molecular complexity index is 1280. The van der Waals surface area contributed by atoms with Gasteiger partial charge in [0.2, 0.25) is 0 Å². The molecule has 0 aliphatic rings. The summed E-state index contributed by atoms with van der Waals surface area (Å²) in [6.45, 7) is 4.02. The van der Waals surface area contributed by atoms with Gasteiger partial charge in [0, 0.05) is 24.4 Å². The van der Waals surface area contributed by atoms with Crippen molar-refractivity contribution >= 4 is 11.6 Å². The Labute approximate surface area is 178 Å². The van der Waals surface area contributed by atoms with E-state index in [1.807, 2.05) is 54.7 Å². The zero-order valence-corrected chi connectivity index (χ0v) is 16.8. The number of hydrogen-bond donors (Lipinski definition) is 1. The first-order valence-electron chi connectivity index (χ1n) is 9.80. The molecule has 0 bridgehead atoms. The third-order valence-corrected chi connectivity index (χ3v) is 4.64. The average Bonchev–Trinajstić information content (AvgIpc) is 3.19. The van der Waals surface area contributed by atoms with E-state index in [2.05, 4.69) is 17.0 Å². The molecule has 156 valence electrons. The summed E-state index contributed by atoms with van der Waals surface area (Å²) in [7, 11) is 0. The van der Waals surface area contributed by atoms with E-state index in [4.69, 9.17) is 9.84 Å². The quantitative estimate of drug-likeness (QED) is 0.468. The van der Waals surface area contributed by atoms with Crippen LogP contribution in [0, 0.1) is 0 Å². The second-order valence-electron chi connectivity index (χ2n) is 6.71. The molecule has 8 nitrogen and oxygen atoms in total. The number of fused-ring (bicyclic) bond motifs is 1. The highest BCUT2D eigenvalue weighted by molar-refractivity contribution is 5.90. The summed E-state index contributed by atoms with van der Waals surface area (Å²) in [6, 6.07) is 18.8. The number of benzene rings is 1. The maximum atomic E-state index is 12.3. The van der Waals surface area contributed by atoms with E-state index < -0.39 is 6.09 Å². The van der Waals surface area contributed by atoms with Crippen LogP contribution in [0.3, 0.4) is 0 Å². The minimum Gasteiger partial charge on any atom is -0.445 e. The van der Waals surface area contributed by atoms with Gasteiger partial charge in [-0.05, 0) is 18.2 Å². The number of rotatable bonds is 7. The van der Waals surface area contributed by atoms with E-state index in [-0.39, 0.29) is 25.3 Å². The number of pyridine rings is 1. The molecule has 0 spiro atoms. The second kappa shape index (κ2) is 9.08. The van der Waals surface area contributed by atoms with Gasteiger partial charge >= 0.3 is 6.09 Å². The zero-order valence-electron chi connectivity index (χ0n) is 16.8. The fourth-order valence-electron chi connectivity index (χ4n) is 3.24. The molecule has 0 fully saturated rings. The number of ether oxygens (including phenoxy) is 1. The predicted octanol–water partition coefficient (Wildman–Crippen LogP) is 3.14. The SMILES string of the molecule is C=CCOC(=O)NCCn1nc(-c2c(-c3ccccc3)nn3ccccc23)ccc1=O. The van der Waals surface area contributed by atoms with E-state index in [1.54, 1.807) is 10.6 Å². The van der Waals surface area contributed by atoms with Crippen LogP contribution >= 0.6 is 0 Å². The first-order chi connectivity index (χ1) is 15.2. The molecule has 0 aliphatic carbocycles. The molecular formula is C23H21N5O3. The summed E-state index contributed by atoms with van der Waals surface area (Å²) in [4.78, 5) is 23.9. The maximum absolute atomic E-state index is 12.3. The van der Waals surface area contributed by atoms with Gasteiger partial charge in [-0.25, -0.2) is 14.0 Å². The molecule has 0 unspecified atom stereocenters. The zero-order chi connectivity index (χ0) is 21.6. The number of amides is 1. The Balaban J connectivity index is 1.69. The van der Waals surface area contributed by atoms with E-state index in [1.165, 1.54) is 16.8 Å². The first-order valence-corrected chi connectivity index (χ1v) is 9.80. The van der Waals surface area contributed by atoms with Gasteiger partial charge < -0.3 is 10.1 Å². The van der Waals surface area contributed by atoms with Crippen LogP contribution in [-0.2, 0) is 11.3 Å². The standard InChI is InChI=1S/C23H21N5O3/c1-2-16-31-23(30)24-13-15-28-20(29)12-11-18(25-28)21-19-10-6-7-14-27(19)26-22(21)17-8-4-3-5-9-17/h2-12,14H,1,13,15-16H2,(H,24,30). The number of carbonyl (C=O) groups is 1. The van der Waals surface area contributed by atoms with Crippen LogP contribution in [0.5, 0.6) is 0 Å². The molecule has 0 saturated carbocycles. The predicted molar refractivity (Wildman–Crippen MR) is 118 cm³/mol. The van der Waals surface area contributed by atoms with E-state index in [0.29, 0.717) is 5.69 Å². The third kappa shape index (κ3) is 4.37. The van der Waals surface area contributed by atoms with Gasteiger partial charge in [0.25, 0.3) is 5.56 Å². The van der Waals surface area contributed by atoms with Crippen molar-refractivity contribution in [1.82, 2.24) is 24.7 Å². The molecular weight excluding hydrogens is 394 g/mol. The Morgan fingerprint density at radius 1 is 1.06 bits per heavy atom. The smallest absolute Gasteiger partial charge is 0.407 e. The largest absolute Gasteiger partial charge is 0.445 e. The number of hydrogen-bond acceptors (Lipinski definition) is 5. The molecule has 1 aromatic carbocycles. The van der Waals surface area contributed by atoms with Crippen molar-refractivity contribution in [2.75, 3.05) is 13.2 Å². The topological polar surface area (TPSA) is 90.5 Å². The summed E-state index contributed by atoms with van der Waals surface area (Å²) < 4.78 is 7.99. The molecule has 3 aromatic heterocycles. The Morgan fingerprint density at radius 3 is 2.68 bits per heavy atom. The summed E-state index contributed by atoms with van der Waals surface area (Å²) in [5.41, 5.74) is 3.80. The summed E-state index contributed by atoms with van der Waals surface area (Å²) in [6.07, 6.45) is 2.79. The van der Waals surface area contributed by atoms with Crippen molar-refractivity contribution < 1.29 is 9.53 Å². The van der Waals surface area contributed by atoms with Crippen molar-refractivity contribution in [1.29, 1.82) is 0 Å². The van der Waals surface area contributed by atoms with Gasteiger partial charge in [-0.2, -0.15) is 10.2 Å². The van der Waals surface area contributed by atoms with Crippen LogP contribution < -0.4 is 10.9 Å². The van der Waals surface area contributed by atoms with Crippen LogP contribution in [0.2, 0.25) is 0 Å². The molecule has 8 heteroatoms. The van der Waals surface area contributed by atoms with Gasteiger partial charge in [0.05, 0.1) is 23.3 Å². The lowest BCUT2D eigenvalue weighted by atomic mass is 10.0. The average molecular weight is 415 g/mol. The van der Waals surface area contributed by atoms with Crippen molar-refractivity contribution in [3.63, 3.8) is 0 Å². The van der Waals surface area contributed by atoms with E-state index in [0.717, 1.165) is 22.3 Å². The highest BCUT2D eigenvalue weighted by Crippen LogP contribution is 2.33. The van der Waals surface area contributed by atoms with Gasteiger partial charge in [-0.3, -0.25) is 4.79 Å². The molecule has 0 radical (unpaired) electrons. The fourth-order valence-corrected chi connectivity index (χ4v) is 3.24. The lowest BCUT2D eigenvalue weighted by molar-refractivity contribution is 0.158. The van der Waals surface area contributed by atoms with Crippen molar-refractivity contribution in [2.45, 2.75) is 6.54 Å². The number of nitrogens with zero attached hydrogens (tertiary/aromatic N) is 4. The first kappa shape index (κ1) is 20.1. The Kier molecular flexibility index (Phi) is 5.89. The van der Waals surface area contributed by atoms with Gasteiger partial charge in [0.15, 0.2) is 0 Å². The van der Waals surface area contributed by atoms with Crippen LogP contribution in [-0.4, -0.2) is 38.6 Å². The third-order valence-electron chi connectivity index (χ3n) is 4.64. The minimum absolute atomic E-state index is 0.122. The van der Waals surface area contributed by atoms with Gasteiger partial charge in [0.1, 0.15) is 12.3 Å². The number of aromatic nitrogens is 4. The highest BCUT2D eigenvalue weighted by Gasteiger charge is 2.18. The highest BCUT2D eigenvalue weighted by atomic mass is 16.5. The Hall–Kier alpha value is -4.20.